The third-order valence-electron chi connectivity index (χ3n) is 2.79. The van der Waals surface area contributed by atoms with Crippen LogP contribution in [0.2, 0.25) is 5.02 Å². The number of amides is 2. The Morgan fingerprint density at radius 1 is 1.57 bits per heavy atom. The molecule has 21 heavy (non-hydrogen) atoms. The van der Waals surface area contributed by atoms with Crippen molar-refractivity contribution < 1.29 is 14.3 Å². The molecule has 0 aliphatic carbocycles. The van der Waals surface area contributed by atoms with Crippen LogP contribution in [0.25, 0.3) is 0 Å². The van der Waals surface area contributed by atoms with Crippen LogP contribution >= 0.6 is 23.4 Å². The van der Waals surface area contributed by atoms with Gasteiger partial charge in [-0.2, -0.15) is 0 Å². The number of amidine groups is 1. The Kier molecular flexibility index (Phi) is 5.08. The van der Waals surface area contributed by atoms with Crippen molar-refractivity contribution >= 4 is 46.0 Å². The highest BCUT2D eigenvalue weighted by Crippen LogP contribution is 2.28. The molecule has 2 amide bonds. The van der Waals surface area contributed by atoms with Crippen molar-refractivity contribution in [2.75, 3.05) is 19.5 Å². The number of nitrogens with one attached hydrogen (secondary N) is 2. The predicted octanol–water partition coefficient (Wildman–Crippen LogP) is 1.89. The van der Waals surface area contributed by atoms with Gasteiger partial charge in [0.15, 0.2) is 5.17 Å². The van der Waals surface area contributed by atoms with Crippen LogP contribution in [-0.2, 0) is 9.59 Å². The maximum Gasteiger partial charge on any atom is 0.240 e. The smallest absolute Gasteiger partial charge is 0.240 e. The fourth-order valence-electron chi connectivity index (χ4n) is 1.77. The molecule has 1 heterocycles. The summed E-state index contributed by atoms with van der Waals surface area (Å²) in [7, 11) is 3.10. The quantitative estimate of drug-likeness (QED) is 0.885. The molecule has 1 saturated heterocycles. The third kappa shape index (κ3) is 3.89. The number of carbonyl (C=O) groups excluding carboxylic acids is 2. The maximum absolute atomic E-state index is 12.0. The molecule has 8 heteroatoms. The molecule has 6 nitrogen and oxygen atoms in total. The second-order valence-electron chi connectivity index (χ2n) is 4.23. The van der Waals surface area contributed by atoms with E-state index in [-0.39, 0.29) is 18.2 Å². The summed E-state index contributed by atoms with van der Waals surface area (Å²) in [6, 6.07) is 4.94. The van der Waals surface area contributed by atoms with Gasteiger partial charge in [-0.05, 0) is 18.2 Å². The summed E-state index contributed by atoms with van der Waals surface area (Å²) in [5.41, 5.74) is 0.554. The van der Waals surface area contributed by atoms with Gasteiger partial charge in [-0.15, -0.1) is 0 Å². The zero-order valence-electron chi connectivity index (χ0n) is 11.5. The molecule has 1 aromatic carbocycles. The number of nitrogens with zero attached hydrogens (tertiary/aromatic N) is 1. The standard InChI is InChI=1S/C13H14ClN3O3S/c1-15-13-17-12(19)10(21-13)6-11(18)16-7-3-4-9(20-2)8(14)5-7/h3-5,10H,6H2,1-2H3,(H,16,18)(H,15,17,19)/t10-/m1/s1. The molecule has 0 bridgehead atoms. The van der Waals surface area contributed by atoms with Gasteiger partial charge in [0, 0.05) is 19.2 Å². The monoisotopic (exact) mass is 327 g/mol. The van der Waals surface area contributed by atoms with Crippen LogP contribution in [0.1, 0.15) is 6.42 Å². The summed E-state index contributed by atoms with van der Waals surface area (Å²) >= 11 is 7.23. The topological polar surface area (TPSA) is 79.8 Å². The maximum atomic E-state index is 12.0. The lowest BCUT2D eigenvalue weighted by molar-refractivity contribution is -0.122. The summed E-state index contributed by atoms with van der Waals surface area (Å²) in [5.74, 6) is 0.0638. The van der Waals surface area contributed by atoms with Crippen molar-refractivity contribution in [3.8, 4) is 5.75 Å². The van der Waals surface area contributed by atoms with Crippen molar-refractivity contribution in [3.05, 3.63) is 23.2 Å². The van der Waals surface area contributed by atoms with Crippen LogP contribution in [0.15, 0.2) is 23.2 Å². The van der Waals surface area contributed by atoms with Crippen LogP contribution < -0.4 is 15.4 Å². The van der Waals surface area contributed by atoms with Crippen molar-refractivity contribution in [1.29, 1.82) is 0 Å². The van der Waals surface area contributed by atoms with E-state index < -0.39 is 5.25 Å². The SMILES string of the molecule is CN=C1NC(=O)[C@@H](CC(=O)Nc2ccc(OC)c(Cl)c2)S1. The summed E-state index contributed by atoms with van der Waals surface area (Å²) in [6.07, 6.45) is 0.0686. The highest BCUT2D eigenvalue weighted by atomic mass is 35.5. The number of halogens is 1. The van der Waals surface area contributed by atoms with Gasteiger partial charge in [0.05, 0.1) is 12.1 Å². The summed E-state index contributed by atoms with van der Waals surface area (Å²) in [5, 5.41) is 5.78. The Hall–Kier alpha value is -1.73. The van der Waals surface area contributed by atoms with E-state index in [0.29, 0.717) is 21.6 Å². The Bertz CT molecular complexity index is 606. The van der Waals surface area contributed by atoms with E-state index in [1.165, 1.54) is 18.9 Å². The molecular weight excluding hydrogens is 314 g/mol. The first-order valence-corrected chi connectivity index (χ1v) is 7.37. The summed E-state index contributed by atoms with van der Waals surface area (Å²) in [6.45, 7) is 0. The fourth-order valence-corrected chi connectivity index (χ4v) is 2.96. The number of benzene rings is 1. The highest BCUT2D eigenvalue weighted by Gasteiger charge is 2.31. The molecule has 112 valence electrons. The van der Waals surface area contributed by atoms with E-state index >= 15 is 0 Å². The molecule has 0 aromatic heterocycles. The number of rotatable bonds is 4. The molecule has 0 spiro atoms. The largest absolute Gasteiger partial charge is 0.495 e. The van der Waals surface area contributed by atoms with Crippen molar-refractivity contribution in [3.63, 3.8) is 0 Å². The van der Waals surface area contributed by atoms with Gasteiger partial charge < -0.3 is 15.4 Å². The lowest BCUT2D eigenvalue weighted by atomic mass is 10.2. The molecule has 0 saturated carbocycles. The number of methoxy groups -OCH3 is 1. The molecule has 0 radical (unpaired) electrons. The van der Waals surface area contributed by atoms with Crippen LogP contribution in [0.4, 0.5) is 5.69 Å². The Morgan fingerprint density at radius 3 is 2.90 bits per heavy atom. The highest BCUT2D eigenvalue weighted by molar-refractivity contribution is 8.15. The normalized spacial score (nSPS) is 19.5. The van der Waals surface area contributed by atoms with E-state index in [4.69, 9.17) is 16.3 Å². The summed E-state index contributed by atoms with van der Waals surface area (Å²) in [4.78, 5) is 27.5. The Labute approximate surface area is 131 Å². The minimum atomic E-state index is -0.461. The number of ether oxygens (including phenoxy) is 1. The molecular formula is C13H14ClN3O3S. The van der Waals surface area contributed by atoms with Crippen molar-refractivity contribution in [1.82, 2.24) is 5.32 Å². The number of thioether (sulfide) groups is 1. The predicted molar refractivity (Wildman–Crippen MR) is 84.1 cm³/mol. The molecule has 1 aromatic rings. The first-order valence-electron chi connectivity index (χ1n) is 6.11. The molecule has 1 aliphatic rings. The van der Waals surface area contributed by atoms with Crippen LogP contribution in [0.3, 0.4) is 0 Å². The van der Waals surface area contributed by atoms with Gasteiger partial charge >= 0.3 is 0 Å². The van der Waals surface area contributed by atoms with Gasteiger partial charge in [-0.1, -0.05) is 23.4 Å². The van der Waals surface area contributed by atoms with Crippen molar-refractivity contribution in [2.24, 2.45) is 4.99 Å². The number of carbonyl (C=O) groups is 2. The van der Waals surface area contributed by atoms with E-state index in [9.17, 15) is 9.59 Å². The van der Waals surface area contributed by atoms with Gasteiger partial charge in [0.25, 0.3) is 0 Å². The lowest BCUT2D eigenvalue weighted by Gasteiger charge is -2.09. The van der Waals surface area contributed by atoms with Crippen LogP contribution in [0.5, 0.6) is 5.75 Å². The second kappa shape index (κ2) is 6.82. The first kappa shape index (κ1) is 15.7. The van der Waals surface area contributed by atoms with Gasteiger partial charge in [-0.25, -0.2) is 0 Å². The van der Waals surface area contributed by atoms with E-state index in [2.05, 4.69) is 15.6 Å². The first-order chi connectivity index (χ1) is 10.0. The number of anilines is 1. The zero-order chi connectivity index (χ0) is 15.4. The minimum absolute atomic E-state index is 0.0686. The van der Waals surface area contributed by atoms with Crippen molar-refractivity contribution in [2.45, 2.75) is 11.7 Å². The molecule has 2 rings (SSSR count). The van der Waals surface area contributed by atoms with Gasteiger partial charge in [-0.3, -0.25) is 14.6 Å². The molecule has 1 atom stereocenters. The summed E-state index contributed by atoms with van der Waals surface area (Å²) < 4.78 is 5.04. The van der Waals surface area contributed by atoms with E-state index in [1.807, 2.05) is 0 Å². The van der Waals surface area contributed by atoms with Gasteiger partial charge in [0.2, 0.25) is 11.8 Å². The molecule has 2 N–H and O–H groups in total. The Balaban J connectivity index is 1.96. The molecule has 0 unspecified atom stereocenters. The minimum Gasteiger partial charge on any atom is -0.495 e. The average molecular weight is 328 g/mol. The van der Waals surface area contributed by atoms with Crippen LogP contribution in [0, 0.1) is 0 Å². The number of hydrogen-bond donors (Lipinski definition) is 2. The second-order valence-corrected chi connectivity index (χ2v) is 5.82. The fraction of sp³-hybridized carbons (Fsp3) is 0.308. The third-order valence-corrected chi connectivity index (χ3v) is 4.25. The lowest BCUT2D eigenvalue weighted by Crippen LogP contribution is -2.28. The van der Waals surface area contributed by atoms with Crippen LogP contribution in [-0.4, -0.2) is 36.4 Å². The zero-order valence-corrected chi connectivity index (χ0v) is 13.0. The molecule has 1 aliphatic heterocycles. The number of aliphatic imine (C=N–C) groups is 1. The Morgan fingerprint density at radius 2 is 2.33 bits per heavy atom. The number of hydrogen-bond acceptors (Lipinski definition) is 5. The molecule has 1 fully saturated rings. The van der Waals surface area contributed by atoms with Gasteiger partial charge in [0.1, 0.15) is 11.0 Å². The average Bonchev–Trinajstić information content (AvgIpc) is 2.79. The van der Waals surface area contributed by atoms with E-state index in [1.54, 1.807) is 25.2 Å². The van der Waals surface area contributed by atoms with E-state index in [0.717, 1.165) is 0 Å².